The maximum atomic E-state index is 9.23. The van der Waals surface area contributed by atoms with Crippen molar-refractivity contribution in [2.45, 2.75) is 19.4 Å². The van der Waals surface area contributed by atoms with Crippen molar-refractivity contribution in [3.05, 3.63) is 59.9 Å². The van der Waals surface area contributed by atoms with E-state index in [1.807, 2.05) is 36.5 Å². The van der Waals surface area contributed by atoms with E-state index in [9.17, 15) is 5.11 Å². The van der Waals surface area contributed by atoms with Crippen LogP contribution < -0.4 is 5.32 Å². The number of aromatic nitrogens is 1. The molecule has 1 aromatic carbocycles. The standard InChI is InChI=1S/C15H18N2O/c1-12(13-5-7-15(18)8-6-13)16-11-9-14-4-2-3-10-17-14/h2-8,10,12,16,18H,9,11H2,1H3. The molecule has 0 aliphatic heterocycles. The predicted octanol–water partition coefficient (Wildman–Crippen LogP) is 2.68. The molecule has 1 atom stereocenters. The number of phenols is 1. The molecule has 0 aliphatic rings. The summed E-state index contributed by atoms with van der Waals surface area (Å²) in [6.45, 7) is 3.00. The number of nitrogens with one attached hydrogen (secondary N) is 1. The fourth-order valence-electron chi connectivity index (χ4n) is 1.84. The summed E-state index contributed by atoms with van der Waals surface area (Å²) in [4.78, 5) is 4.29. The van der Waals surface area contributed by atoms with Gasteiger partial charge in [-0.1, -0.05) is 18.2 Å². The maximum Gasteiger partial charge on any atom is 0.115 e. The van der Waals surface area contributed by atoms with E-state index in [4.69, 9.17) is 0 Å². The first-order valence-electron chi connectivity index (χ1n) is 6.18. The number of pyridine rings is 1. The minimum absolute atomic E-state index is 0.273. The van der Waals surface area contributed by atoms with Crippen molar-refractivity contribution in [2.24, 2.45) is 0 Å². The van der Waals surface area contributed by atoms with Gasteiger partial charge in [0.25, 0.3) is 0 Å². The number of aromatic hydroxyl groups is 1. The van der Waals surface area contributed by atoms with E-state index in [1.165, 1.54) is 5.56 Å². The summed E-state index contributed by atoms with van der Waals surface area (Å²) in [5.41, 5.74) is 2.27. The lowest BCUT2D eigenvalue weighted by molar-refractivity contribution is 0.474. The molecule has 18 heavy (non-hydrogen) atoms. The molecule has 3 nitrogen and oxygen atoms in total. The van der Waals surface area contributed by atoms with Gasteiger partial charge in [-0.05, 0) is 36.8 Å². The molecule has 94 valence electrons. The molecule has 0 saturated carbocycles. The predicted molar refractivity (Wildman–Crippen MR) is 72.5 cm³/mol. The molecule has 0 bridgehead atoms. The third kappa shape index (κ3) is 3.57. The van der Waals surface area contributed by atoms with Crippen molar-refractivity contribution < 1.29 is 5.11 Å². The highest BCUT2D eigenvalue weighted by atomic mass is 16.3. The highest BCUT2D eigenvalue weighted by Gasteiger charge is 2.04. The van der Waals surface area contributed by atoms with Crippen LogP contribution in [0.25, 0.3) is 0 Å². The zero-order chi connectivity index (χ0) is 12.8. The van der Waals surface area contributed by atoms with Crippen molar-refractivity contribution in [2.75, 3.05) is 6.54 Å². The monoisotopic (exact) mass is 242 g/mol. The van der Waals surface area contributed by atoms with E-state index >= 15 is 0 Å². The Hall–Kier alpha value is -1.87. The van der Waals surface area contributed by atoms with Gasteiger partial charge >= 0.3 is 0 Å². The molecule has 0 spiro atoms. The molecule has 1 heterocycles. The fraction of sp³-hybridized carbons (Fsp3) is 0.267. The second-order valence-electron chi connectivity index (χ2n) is 4.34. The van der Waals surface area contributed by atoms with Gasteiger partial charge in [0, 0.05) is 30.9 Å². The van der Waals surface area contributed by atoms with Crippen LogP contribution in [0.2, 0.25) is 0 Å². The van der Waals surface area contributed by atoms with Crippen LogP contribution in [0.1, 0.15) is 24.2 Å². The third-order valence-electron chi connectivity index (χ3n) is 2.95. The molecule has 0 aliphatic carbocycles. The van der Waals surface area contributed by atoms with Crippen molar-refractivity contribution in [1.29, 1.82) is 0 Å². The molecular weight excluding hydrogens is 224 g/mol. The largest absolute Gasteiger partial charge is 0.508 e. The number of hydrogen-bond acceptors (Lipinski definition) is 3. The number of hydrogen-bond donors (Lipinski definition) is 2. The van der Waals surface area contributed by atoms with E-state index in [-0.39, 0.29) is 6.04 Å². The lowest BCUT2D eigenvalue weighted by Crippen LogP contribution is -2.21. The Morgan fingerprint density at radius 1 is 1.17 bits per heavy atom. The molecule has 0 fully saturated rings. The van der Waals surface area contributed by atoms with Gasteiger partial charge in [0.2, 0.25) is 0 Å². The topological polar surface area (TPSA) is 45.2 Å². The molecule has 1 unspecified atom stereocenters. The van der Waals surface area contributed by atoms with Gasteiger partial charge in [0.15, 0.2) is 0 Å². The van der Waals surface area contributed by atoms with Crippen molar-refractivity contribution in [3.8, 4) is 5.75 Å². The van der Waals surface area contributed by atoms with Gasteiger partial charge < -0.3 is 10.4 Å². The number of rotatable bonds is 5. The molecule has 2 aromatic rings. The van der Waals surface area contributed by atoms with Gasteiger partial charge in [-0.15, -0.1) is 0 Å². The Balaban J connectivity index is 1.81. The lowest BCUT2D eigenvalue weighted by atomic mass is 10.1. The first-order valence-corrected chi connectivity index (χ1v) is 6.18. The average Bonchev–Trinajstić information content (AvgIpc) is 2.40. The summed E-state index contributed by atoms with van der Waals surface area (Å²) in [6.07, 6.45) is 2.74. The van der Waals surface area contributed by atoms with Gasteiger partial charge in [-0.3, -0.25) is 4.98 Å². The second kappa shape index (κ2) is 6.17. The fourth-order valence-corrected chi connectivity index (χ4v) is 1.84. The Labute approximate surface area is 108 Å². The minimum atomic E-state index is 0.273. The zero-order valence-corrected chi connectivity index (χ0v) is 10.5. The first-order chi connectivity index (χ1) is 8.75. The van der Waals surface area contributed by atoms with E-state index in [1.54, 1.807) is 12.1 Å². The number of phenolic OH excluding ortho intramolecular Hbond substituents is 1. The maximum absolute atomic E-state index is 9.23. The molecular formula is C15H18N2O. The van der Waals surface area contributed by atoms with Crippen LogP contribution >= 0.6 is 0 Å². The average molecular weight is 242 g/mol. The minimum Gasteiger partial charge on any atom is -0.508 e. The Kier molecular flexibility index (Phi) is 4.31. The second-order valence-corrected chi connectivity index (χ2v) is 4.34. The molecule has 0 saturated heterocycles. The summed E-state index contributed by atoms with van der Waals surface area (Å²) in [7, 11) is 0. The van der Waals surface area contributed by atoms with Crippen molar-refractivity contribution >= 4 is 0 Å². The summed E-state index contributed by atoms with van der Waals surface area (Å²) in [5.74, 6) is 0.305. The van der Waals surface area contributed by atoms with Gasteiger partial charge in [0.05, 0.1) is 0 Å². The quantitative estimate of drug-likeness (QED) is 0.847. The smallest absolute Gasteiger partial charge is 0.115 e. The molecule has 2 N–H and O–H groups in total. The van der Waals surface area contributed by atoms with Crippen LogP contribution in [0.3, 0.4) is 0 Å². The van der Waals surface area contributed by atoms with Crippen LogP contribution in [-0.4, -0.2) is 16.6 Å². The van der Waals surface area contributed by atoms with Gasteiger partial charge in [-0.25, -0.2) is 0 Å². The summed E-state index contributed by atoms with van der Waals surface area (Å²) >= 11 is 0. The molecule has 0 amide bonds. The van der Waals surface area contributed by atoms with Crippen molar-refractivity contribution in [3.63, 3.8) is 0 Å². The third-order valence-corrected chi connectivity index (χ3v) is 2.95. The number of nitrogens with zero attached hydrogens (tertiary/aromatic N) is 1. The van der Waals surface area contributed by atoms with E-state index in [0.717, 1.165) is 18.7 Å². The lowest BCUT2D eigenvalue weighted by Gasteiger charge is -2.14. The normalized spacial score (nSPS) is 12.3. The number of benzene rings is 1. The van der Waals surface area contributed by atoms with Crippen molar-refractivity contribution in [1.82, 2.24) is 10.3 Å². The Morgan fingerprint density at radius 2 is 1.94 bits per heavy atom. The summed E-state index contributed by atoms with van der Waals surface area (Å²) < 4.78 is 0. The van der Waals surface area contributed by atoms with Crippen LogP contribution in [0, 0.1) is 0 Å². The Bertz CT molecular complexity index is 468. The van der Waals surface area contributed by atoms with Crippen LogP contribution in [0.15, 0.2) is 48.7 Å². The molecule has 0 radical (unpaired) electrons. The SMILES string of the molecule is CC(NCCc1ccccn1)c1ccc(O)cc1. The highest BCUT2D eigenvalue weighted by molar-refractivity contribution is 5.27. The van der Waals surface area contributed by atoms with Gasteiger partial charge in [-0.2, -0.15) is 0 Å². The Morgan fingerprint density at radius 3 is 2.61 bits per heavy atom. The van der Waals surface area contributed by atoms with E-state index in [2.05, 4.69) is 17.2 Å². The highest BCUT2D eigenvalue weighted by Crippen LogP contribution is 2.16. The molecule has 3 heteroatoms. The molecule has 2 rings (SSSR count). The first kappa shape index (κ1) is 12.6. The van der Waals surface area contributed by atoms with Crippen LogP contribution in [0.4, 0.5) is 0 Å². The van der Waals surface area contributed by atoms with Gasteiger partial charge in [0.1, 0.15) is 5.75 Å². The van der Waals surface area contributed by atoms with E-state index in [0.29, 0.717) is 5.75 Å². The van der Waals surface area contributed by atoms with E-state index < -0.39 is 0 Å². The zero-order valence-electron chi connectivity index (χ0n) is 10.5. The van der Waals surface area contributed by atoms with Crippen LogP contribution in [-0.2, 0) is 6.42 Å². The summed E-state index contributed by atoms with van der Waals surface area (Å²) in [5, 5.41) is 12.7. The molecule has 1 aromatic heterocycles. The summed E-state index contributed by atoms with van der Waals surface area (Å²) in [6, 6.07) is 13.5. The van der Waals surface area contributed by atoms with Crippen LogP contribution in [0.5, 0.6) is 5.75 Å².